The van der Waals surface area contributed by atoms with Gasteiger partial charge in [0.1, 0.15) is 13.2 Å². The molecular formula is C60H116O6. The third kappa shape index (κ3) is 51.8. The lowest BCUT2D eigenvalue weighted by Crippen LogP contribution is -2.30. The van der Waals surface area contributed by atoms with Crippen LogP contribution in [0.25, 0.3) is 0 Å². The summed E-state index contributed by atoms with van der Waals surface area (Å²) < 4.78 is 16.9. The van der Waals surface area contributed by atoms with Crippen molar-refractivity contribution in [2.75, 3.05) is 13.2 Å². The molecule has 0 aliphatic carbocycles. The molecule has 0 aromatic carbocycles. The number of unbranched alkanes of at least 4 members (excludes halogenated alkanes) is 38. The van der Waals surface area contributed by atoms with Gasteiger partial charge in [-0.25, -0.2) is 0 Å². The van der Waals surface area contributed by atoms with Crippen molar-refractivity contribution < 1.29 is 28.6 Å². The molecule has 0 spiro atoms. The van der Waals surface area contributed by atoms with Gasteiger partial charge in [-0.3, -0.25) is 14.4 Å². The molecule has 0 saturated heterocycles. The zero-order chi connectivity index (χ0) is 48.2. The van der Waals surface area contributed by atoms with Crippen LogP contribution in [0.3, 0.4) is 0 Å². The molecule has 0 aromatic heterocycles. The molecular weight excluding hydrogens is 817 g/mol. The highest BCUT2D eigenvalue weighted by Crippen LogP contribution is 2.19. The van der Waals surface area contributed by atoms with Crippen LogP contribution >= 0.6 is 0 Å². The second kappa shape index (κ2) is 52.8. The van der Waals surface area contributed by atoms with Gasteiger partial charge in [0.05, 0.1) is 0 Å². The third-order valence-electron chi connectivity index (χ3n) is 14.1. The molecule has 6 heteroatoms. The van der Waals surface area contributed by atoms with Gasteiger partial charge in [0.15, 0.2) is 6.10 Å². The number of hydrogen-bond donors (Lipinski definition) is 0. The first kappa shape index (κ1) is 64.4. The molecule has 0 radical (unpaired) electrons. The topological polar surface area (TPSA) is 78.9 Å². The molecule has 0 N–H and O–H groups in total. The summed E-state index contributed by atoms with van der Waals surface area (Å²) in [5, 5.41) is 0. The smallest absolute Gasteiger partial charge is 0.306 e. The zero-order valence-corrected chi connectivity index (χ0v) is 45.3. The van der Waals surface area contributed by atoms with Gasteiger partial charge in [-0.05, 0) is 31.1 Å². The van der Waals surface area contributed by atoms with Gasteiger partial charge in [-0.1, -0.05) is 298 Å². The van der Waals surface area contributed by atoms with Crippen LogP contribution in [-0.4, -0.2) is 37.2 Å². The van der Waals surface area contributed by atoms with Crippen LogP contribution in [0, 0.1) is 11.8 Å². The predicted molar refractivity (Wildman–Crippen MR) is 284 cm³/mol. The first-order valence-corrected chi connectivity index (χ1v) is 29.8. The van der Waals surface area contributed by atoms with E-state index in [-0.39, 0.29) is 31.1 Å². The highest BCUT2D eigenvalue weighted by Gasteiger charge is 2.19. The number of rotatable bonds is 54. The maximum absolute atomic E-state index is 12.9. The zero-order valence-electron chi connectivity index (χ0n) is 45.3. The number of esters is 3. The maximum atomic E-state index is 12.9. The molecule has 0 aromatic rings. The normalized spacial score (nSPS) is 12.5. The fraction of sp³-hybridized carbons (Fsp3) is 0.950. The molecule has 2 atom stereocenters. The summed E-state index contributed by atoms with van der Waals surface area (Å²) in [7, 11) is 0. The van der Waals surface area contributed by atoms with E-state index in [2.05, 4.69) is 34.6 Å². The Bertz CT molecular complexity index is 1010. The Morgan fingerprint density at radius 2 is 0.576 bits per heavy atom. The average molecular weight is 934 g/mol. The number of carbonyl (C=O) groups is 3. The predicted octanol–water partition coefficient (Wildman–Crippen LogP) is 19.7. The van der Waals surface area contributed by atoms with Crippen molar-refractivity contribution in [3.8, 4) is 0 Å². The Hall–Kier alpha value is -1.59. The van der Waals surface area contributed by atoms with Crippen LogP contribution in [-0.2, 0) is 28.6 Å². The molecule has 0 amide bonds. The van der Waals surface area contributed by atoms with Gasteiger partial charge in [0, 0.05) is 19.3 Å². The molecule has 0 aliphatic rings. The molecule has 0 heterocycles. The third-order valence-corrected chi connectivity index (χ3v) is 14.1. The van der Waals surface area contributed by atoms with E-state index in [4.69, 9.17) is 14.2 Å². The molecule has 392 valence electrons. The van der Waals surface area contributed by atoms with E-state index < -0.39 is 6.10 Å². The minimum atomic E-state index is -0.763. The van der Waals surface area contributed by atoms with Crippen molar-refractivity contribution in [2.24, 2.45) is 11.8 Å². The number of hydrogen-bond acceptors (Lipinski definition) is 6. The summed E-state index contributed by atoms with van der Waals surface area (Å²) in [6.07, 6.45) is 56.6. The fourth-order valence-corrected chi connectivity index (χ4v) is 9.20. The molecule has 0 bridgehead atoms. The Kier molecular flexibility index (Phi) is 51.5. The minimum absolute atomic E-state index is 0.0625. The maximum Gasteiger partial charge on any atom is 0.306 e. The van der Waals surface area contributed by atoms with Gasteiger partial charge < -0.3 is 14.2 Å². The van der Waals surface area contributed by atoms with Gasteiger partial charge in [0.2, 0.25) is 0 Å². The SMILES string of the molecule is CCCCCCCCCCCCCCCCCCC(=O)OC[C@H](COC(=O)CCCCCCCCCCCCCCCCC(C)CC)OC(=O)CCCCCCCCCCCCCC(C)C. The quantitative estimate of drug-likeness (QED) is 0.0343. The van der Waals surface area contributed by atoms with Gasteiger partial charge in [0.25, 0.3) is 0 Å². The number of ether oxygens (including phenoxy) is 3. The second-order valence-electron chi connectivity index (χ2n) is 21.4. The van der Waals surface area contributed by atoms with E-state index in [1.807, 2.05) is 0 Å². The minimum Gasteiger partial charge on any atom is -0.462 e. The molecule has 0 rings (SSSR count). The largest absolute Gasteiger partial charge is 0.462 e. The lowest BCUT2D eigenvalue weighted by molar-refractivity contribution is -0.167. The Morgan fingerprint density at radius 1 is 0.318 bits per heavy atom. The molecule has 0 aliphatic heterocycles. The average Bonchev–Trinajstić information content (AvgIpc) is 3.30. The lowest BCUT2D eigenvalue weighted by Gasteiger charge is -2.18. The monoisotopic (exact) mass is 933 g/mol. The fourth-order valence-electron chi connectivity index (χ4n) is 9.20. The van der Waals surface area contributed by atoms with Crippen molar-refractivity contribution in [2.45, 2.75) is 343 Å². The number of carbonyl (C=O) groups excluding carboxylic acids is 3. The Balaban J connectivity index is 4.29. The van der Waals surface area contributed by atoms with Gasteiger partial charge in [-0.15, -0.1) is 0 Å². The Morgan fingerprint density at radius 3 is 0.864 bits per heavy atom. The molecule has 0 saturated carbocycles. The van der Waals surface area contributed by atoms with Crippen molar-refractivity contribution in [3.05, 3.63) is 0 Å². The van der Waals surface area contributed by atoms with E-state index in [1.165, 1.54) is 225 Å². The van der Waals surface area contributed by atoms with Crippen molar-refractivity contribution in [3.63, 3.8) is 0 Å². The van der Waals surface area contributed by atoms with E-state index in [9.17, 15) is 14.4 Å². The van der Waals surface area contributed by atoms with Crippen LogP contribution in [0.4, 0.5) is 0 Å². The highest BCUT2D eigenvalue weighted by molar-refractivity contribution is 5.71. The van der Waals surface area contributed by atoms with E-state index in [0.717, 1.165) is 69.6 Å². The van der Waals surface area contributed by atoms with E-state index in [1.54, 1.807) is 0 Å². The molecule has 1 unspecified atom stereocenters. The van der Waals surface area contributed by atoms with Crippen LogP contribution in [0.1, 0.15) is 336 Å². The summed E-state index contributed by atoms with van der Waals surface area (Å²) in [6.45, 7) is 11.5. The summed E-state index contributed by atoms with van der Waals surface area (Å²) >= 11 is 0. The summed E-state index contributed by atoms with van der Waals surface area (Å²) in [5.41, 5.74) is 0. The van der Waals surface area contributed by atoms with Gasteiger partial charge >= 0.3 is 17.9 Å². The molecule has 0 fully saturated rings. The van der Waals surface area contributed by atoms with Crippen molar-refractivity contribution in [1.82, 2.24) is 0 Å². The van der Waals surface area contributed by atoms with E-state index >= 15 is 0 Å². The van der Waals surface area contributed by atoms with E-state index in [0.29, 0.717) is 19.3 Å². The lowest BCUT2D eigenvalue weighted by atomic mass is 9.99. The highest BCUT2D eigenvalue weighted by atomic mass is 16.6. The Labute approximate surface area is 412 Å². The van der Waals surface area contributed by atoms with Crippen LogP contribution in [0.15, 0.2) is 0 Å². The van der Waals surface area contributed by atoms with Crippen molar-refractivity contribution >= 4 is 17.9 Å². The molecule has 66 heavy (non-hydrogen) atoms. The summed E-state index contributed by atoms with van der Waals surface area (Å²) in [6, 6.07) is 0. The second-order valence-corrected chi connectivity index (χ2v) is 21.4. The first-order chi connectivity index (χ1) is 32.3. The van der Waals surface area contributed by atoms with Crippen LogP contribution in [0.5, 0.6) is 0 Å². The van der Waals surface area contributed by atoms with Crippen LogP contribution < -0.4 is 0 Å². The van der Waals surface area contributed by atoms with Crippen LogP contribution in [0.2, 0.25) is 0 Å². The standard InChI is InChI=1S/C60H116O6/c1-6-8-9-10-11-12-13-14-15-16-20-25-30-35-40-45-50-58(61)64-53-57(66-60(63)52-47-42-37-32-27-22-23-28-33-38-43-48-55(3)4)54-65-59(62)51-46-41-36-31-26-21-18-17-19-24-29-34-39-44-49-56(5)7-2/h55-57H,6-54H2,1-5H3/t56?,57-/m1/s1. The van der Waals surface area contributed by atoms with Crippen molar-refractivity contribution in [1.29, 1.82) is 0 Å². The van der Waals surface area contributed by atoms with Gasteiger partial charge in [-0.2, -0.15) is 0 Å². The summed E-state index contributed by atoms with van der Waals surface area (Å²) in [4.78, 5) is 38.2. The first-order valence-electron chi connectivity index (χ1n) is 29.8. The summed E-state index contributed by atoms with van der Waals surface area (Å²) in [5.74, 6) is 0.883. The molecule has 6 nitrogen and oxygen atoms in total.